The Hall–Kier alpha value is -0.960. The molecule has 0 spiro atoms. The summed E-state index contributed by atoms with van der Waals surface area (Å²) in [7, 11) is -3.76. The second-order valence-corrected chi connectivity index (χ2v) is 6.96. The summed E-state index contributed by atoms with van der Waals surface area (Å²) in [4.78, 5) is 10.9. The third kappa shape index (κ3) is 3.14. The molecule has 6 nitrogen and oxygen atoms in total. The van der Waals surface area contributed by atoms with Gasteiger partial charge in [0.2, 0.25) is 10.0 Å². The summed E-state index contributed by atoms with van der Waals surface area (Å²) in [6.45, 7) is 0. The van der Waals surface area contributed by atoms with Gasteiger partial charge in [0, 0.05) is 10.5 Å². The molecule has 1 aliphatic rings. The molecule has 0 bridgehead atoms. The quantitative estimate of drug-likeness (QED) is 0.750. The molecule has 0 unspecified atom stereocenters. The Morgan fingerprint density at radius 2 is 2.00 bits per heavy atom. The third-order valence-electron chi connectivity index (χ3n) is 2.91. The van der Waals surface area contributed by atoms with Crippen LogP contribution in [0.1, 0.15) is 23.2 Å². The van der Waals surface area contributed by atoms with Crippen molar-refractivity contribution in [2.75, 3.05) is 0 Å². The molecule has 3 N–H and O–H groups in total. The number of aliphatic hydroxyl groups is 1. The molecule has 1 aromatic carbocycles. The molecule has 1 saturated carbocycles. The Morgan fingerprint density at radius 1 is 1.37 bits per heavy atom. The molecular weight excluding hydrogens is 338 g/mol. The van der Waals surface area contributed by atoms with Gasteiger partial charge in [-0.3, -0.25) is 0 Å². The monoisotopic (exact) mass is 349 g/mol. The van der Waals surface area contributed by atoms with Gasteiger partial charge in [-0.25, -0.2) is 17.9 Å². The average Bonchev–Trinajstić information content (AvgIpc) is 2.26. The van der Waals surface area contributed by atoms with E-state index >= 15 is 0 Å². The molecule has 0 saturated heterocycles. The third-order valence-corrected chi connectivity index (χ3v) is 5.12. The molecule has 19 heavy (non-hydrogen) atoms. The molecule has 0 atom stereocenters. The first-order valence-electron chi connectivity index (χ1n) is 5.53. The molecule has 0 aromatic heterocycles. The normalized spacial score (nSPS) is 22.8. The standard InChI is InChI=1S/C11H12BrNO5S/c12-10-2-1-8(5-9(10)11(15)16)19(17,18)13-6-3-7(14)4-6/h1-2,5-7,13-14H,3-4H2,(H,15,16). The van der Waals surface area contributed by atoms with E-state index < -0.39 is 22.1 Å². The molecule has 1 aliphatic carbocycles. The minimum Gasteiger partial charge on any atom is -0.478 e. The lowest BCUT2D eigenvalue weighted by atomic mass is 9.91. The number of carboxylic acids is 1. The number of halogens is 1. The molecule has 1 fully saturated rings. The van der Waals surface area contributed by atoms with Crippen LogP contribution in [0.5, 0.6) is 0 Å². The first-order valence-corrected chi connectivity index (χ1v) is 7.80. The molecule has 8 heteroatoms. The van der Waals surface area contributed by atoms with Gasteiger partial charge in [0.05, 0.1) is 16.6 Å². The van der Waals surface area contributed by atoms with Crippen LogP contribution in [0.15, 0.2) is 27.6 Å². The van der Waals surface area contributed by atoms with Gasteiger partial charge in [0.25, 0.3) is 0 Å². The van der Waals surface area contributed by atoms with Gasteiger partial charge in [-0.1, -0.05) is 0 Å². The van der Waals surface area contributed by atoms with Gasteiger partial charge >= 0.3 is 5.97 Å². The van der Waals surface area contributed by atoms with Crippen molar-refractivity contribution in [1.29, 1.82) is 0 Å². The van der Waals surface area contributed by atoms with Gasteiger partial charge in [0.15, 0.2) is 0 Å². The SMILES string of the molecule is O=C(O)c1cc(S(=O)(=O)NC2CC(O)C2)ccc1Br. The molecular formula is C11H12BrNO5S. The predicted octanol–water partition coefficient (Wildman–Crippen LogP) is 0.949. The highest BCUT2D eigenvalue weighted by Crippen LogP contribution is 2.24. The van der Waals surface area contributed by atoms with E-state index in [2.05, 4.69) is 20.7 Å². The number of aromatic carboxylic acids is 1. The highest BCUT2D eigenvalue weighted by molar-refractivity contribution is 9.10. The second-order valence-electron chi connectivity index (χ2n) is 4.39. The summed E-state index contributed by atoms with van der Waals surface area (Å²) >= 11 is 3.05. The number of hydrogen-bond donors (Lipinski definition) is 3. The average molecular weight is 350 g/mol. The Kier molecular flexibility index (Phi) is 3.95. The van der Waals surface area contributed by atoms with E-state index in [0.29, 0.717) is 17.3 Å². The van der Waals surface area contributed by atoms with Gasteiger partial charge in [-0.15, -0.1) is 0 Å². The molecule has 0 amide bonds. The minimum atomic E-state index is -3.76. The van der Waals surface area contributed by atoms with Crippen molar-refractivity contribution in [2.24, 2.45) is 0 Å². The summed E-state index contributed by atoms with van der Waals surface area (Å²) in [5.74, 6) is -1.21. The highest BCUT2D eigenvalue weighted by atomic mass is 79.9. The van der Waals surface area contributed by atoms with Crippen LogP contribution in [0.4, 0.5) is 0 Å². The maximum absolute atomic E-state index is 12.0. The lowest BCUT2D eigenvalue weighted by Crippen LogP contribution is -2.46. The van der Waals surface area contributed by atoms with Crippen molar-refractivity contribution in [2.45, 2.75) is 29.9 Å². The van der Waals surface area contributed by atoms with Crippen molar-refractivity contribution in [3.63, 3.8) is 0 Å². The van der Waals surface area contributed by atoms with Crippen molar-refractivity contribution in [1.82, 2.24) is 4.72 Å². The lowest BCUT2D eigenvalue weighted by Gasteiger charge is -2.31. The first kappa shape index (κ1) is 14.4. The Balaban J connectivity index is 2.25. The number of carboxylic acid groups (broad SMARTS) is 1. The van der Waals surface area contributed by atoms with Crippen LogP contribution in [0.25, 0.3) is 0 Å². The van der Waals surface area contributed by atoms with E-state index in [0.717, 1.165) is 6.07 Å². The Labute approximate surface area is 118 Å². The van der Waals surface area contributed by atoms with Crippen LogP contribution >= 0.6 is 15.9 Å². The number of rotatable bonds is 4. The molecule has 2 rings (SSSR count). The van der Waals surface area contributed by atoms with E-state index in [-0.39, 0.29) is 16.5 Å². The zero-order valence-corrected chi connectivity index (χ0v) is 12.1. The fourth-order valence-electron chi connectivity index (χ4n) is 1.81. The van der Waals surface area contributed by atoms with E-state index in [9.17, 15) is 13.2 Å². The lowest BCUT2D eigenvalue weighted by molar-refractivity contribution is 0.0694. The number of hydrogen-bond acceptors (Lipinski definition) is 4. The van der Waals surface area contributed by atoms with Crippen molar-refractivity contribution in [3.8, 4) is 0 Å². The van der Waals surface area contributed by atoms with Crippen LogP contribution in [0, 0.1) is 0 Å². The maximum atomic E-state index is 12.0. The first-order chi connectivity index (χ1) is 8.79. The molecule has 0 radical (unpaired) electrons. The van der Waals surface area contributed by atoms with Gasteiger partial charge in [0.1, 0.15) is 0 Å². The fraction of sp³-hybridized carbons (Fsp3) is 0.364. The Morgan fingerprint density at radius 3 is 2.53 bits per heavy atom. The predicted molar refractivity (Wildman–Crippen MR) is 70.5 cm³/mol. The summed E-state index contributed by atoms with van der Waals surface area (Å²) in [6.07, 6.45) is 0.288. The number of benzene rings is 1. The fourth-order valence-corrected chi connectivity index (χ4v) is 3.51. The largest absolute Gasteiger partial charge is 0.478 e. The zero-order valence-electron chi connectivity index (χ0n) is 9.71. The summed E-state index contributed by atoms with van der Waals surface area (Å²) < 4.78 is 26.8. The van der Waals surface area contributed by atoms with Crippen molar-refractivity contribution < 1.29 is 23.4 Å². The summed E-state index contributed by atoms with van der Waals surface area (Å²) in [6, 6.07) is 3.52. The zero-order chi connectivity index (χ0) is 14.2. The highest BCUT2D eigenvalue weighted by Gasteiger charge is 2.31. The number of sulfonamides is 1. The minimum absolute atomic E-state index is 0.102. The molecule has 104 valence electrons. The van der Waals surface area contributed by atoms with E-state index in [1.54, 1.807) is 0 Å². The topological polar surface area (TPSA) is 104 Å². The number of nitrogens with one attached hydrogen (secondary N) is 1. The van der Waals surface area contributed by atoms with Gasteiger partial charge in [-0.2, -0.15) is 0 Å². The smallest absolute Gasteiger partial charge is 0.336 e. The van der Waals surface area contributed by atoms with Crippen LogP contribution in [0.3, 0.4) is 0 Å². The van der Waals surface area contributed by atoms with Crippen LogP contribution in [-0.4, -0.2) is 36.7 Å². The van der Waals surface area contributed by atoms with E-state index in [1.165, 1.54) is 12.1 Å². The van der Waals surface area contributed by atoms with Crippen molar-refractivity contribution in [3.05, 3.63) is 28.2 Å². The van der Waals surface area contributed by atoms with E-state index in [4.69, 9.17) is 10.2 Å². The van der Waals surface area contributed by atoms with Crippen molar-refractivity contribution >= 4 is 31.9 Å². The van der Waals surface area contributed by atoms with Gasteiger partial charge < -0.3 is 10.2 Å². The maximum Gasteiger partial charge on any atom is 0.336 e. The molecule has 1 aromatic rings. The summed E-state index contributed by atoms with van der Waals surface area (Å²) in [5, 5.41) is 18.1. The van der Waals surface area contributed by atoms with Gasteiger partial charge in [-0.05, 0) is 47.0 Å². The summed E-state index contributed by atoms with van der Waals surface area (Å²) in [5.41, 5.74) is -0.114. The van der Waals surface area contributed by atoms with Crippen LogP contribution in [0.2, 0.25) is 0 Å². The van der Waals surface area contributed by atoms with Crippen LogP contribution in [-0.2, 0) is 10.0 Å². The molecule has 0 heterocycles. The Bertz CT molecular complexity index is 610. The molecule has 0 aliphatic heterocycles. The second kappa shape index (κ2) is 5.20. The van der Waals surface area contributed by atoms with E-state index in [1.807, 2.05) is 0 Å². The number of aliphatic hydroxyl groups excluding tert-OH is 1. The number of carbonyl (C=O) groups is 1. The van der Waals surface area contributed by atoms with Crippen LogP contribution < -0.4 is 4.72 Å².